The van der Waals surface area contributed by atoms with Gasteiger partial charge in [0.25, 0.3) is 0 Å². The van der Waals surface area contributed by atoms with E-state index in [1.54, 1.807) is 6.07 Å². The van der Waals surface area contributed by atoms with Crippen LogP contribution in [0.15, 0.2) is 18.2 Å². The first-order valence-electron chi connectivity index (χ1n) is 6.50. The van der Waals surface area contributed by atoms with E-state index in [9.17, 15) is 5.11 Å². The van der Waals surface area contributed by atoms with Crippen molar-refractivity contribution in [1.29, 1.82) is 0 Å². The lowest BCUT2D eigenvalue weighted by Gasteiger charge is -2.41. The molecule has 1 N–H and O–H groups in total. The third-order valence-corrected chi connectivity index (χ3v) is 5.08. The third kappa shape index (κ3) is 2.16. The summed E-state index contributed by atoms with van der Waals surface area (Å²) in [5, 5.41) is 11.9. The minimum Gasteiger partial charge on any atom is -0.385 e. The van der Waals surface area contributed by atoms with Gasteiger partial charge in [0.2, 0.25) is 0 Å². The predicted octanol–water partition coefficient (Wildman–Crippen LogP) is 3.44. The quantitative estimate of drug-likeness (QED) is 0.855. The van der Waals surface area contributed by atoms with Gasteiger partial charge >= 0.3 is 0 Å². The number of halogens is 2. The summed E-state index contributed by atoms with van der Waals surface area (Å²) in [6.07, 6.45) is 4.04. The number of piperidine rings is 1. The summed E-state index contributed by atoms with van der Waals surface area (Å²) in [4.78, 5) is 2.49. The highest BCUT2D eigenvalue weighted by molar-refractivity contribution is 6.42. The first kappa shape index (κ1) is 12.7. The number of fused-ring (bicyclic) bond motifs is 1. The van der Waals surface area contributed by atoms with E-state index in [0.29, 0.717) is 16.1 Å². The molecule has 1 aromatic carbocycles. The smallest absolute Gasteiger partial charge is 0.0924 e. The van der Waals surface area contributed by atoms with Gasteiger partial charge in [-0.2, -0.15) is 0 Å². The normalized spacial score (nSPS) is 32.5. The van der Waals surface area contributed by atoms with Crippen LogP contribution in [-0.4, -0.2) is 29.1 Å². The molecule has 3 rings (SSSR count). The molecule has 0 radical (unpaired) electrons. The molecule has 0 saturated carbocycles. The maximum Gasteiger partial charge on any atom is 0.0924 e. The van der Waals surface area contributed by atoms with Crippen molar-refractivity contribution in [2.45, 2.75) is 37.3 Å². The summed E-state index contributed by atoms with van der Waals surface area (Å²) in [7, 11) is 0. The van der Waals surface area contributed by atoms with Crippen molar-refractivity contribution < 1.29 is 5.11 Å². The summed E-state index contributed by atoms with van der Waals surface area (Å²) < 4.78 is 0. The Bertz CT molecular complexity index is 465. The number of hydrogen-bond acceptors (Lipinski definition) is 2. The molecule has 1 aromatic rings. The average molecular weight is 286 g/mol. The molecule has 0 amide bonds. The molecule has 4 heteroatoms. The van der Waals surface area contributed by atoms with Gasteiger partial charge in [-0.3, -0.25) is 0 Å². The summed E-state index contributed by atoms with van der Waals surface area (Å²) in [6, 6.07) is 6.02. The molecular weight excluding hydrogens is 269 g/mol. The lowest BCUT2D eigenvalue weighted by molar-refractivity contribution is -0.0408. The van der Waals surface area contributed by atoms with Crippen LogP contribution in [0.4, 0.5) is 0 Å². The van der Waals surface area contributed by atoms with Crippen LogP contribution < -0.4 is 0 Å². The van der Waals surface area contributed by atoms with Crippen LogP contribution in [0.25, 0.3) is 0 Å². The van der Waals surface area contributed by atoms with E-state index in [1.807, 2.05) is 12.1 Å². The van der Waals surface area contributed by atoms with Gasteiger partial charge in [0, 0.05) is 12.6 Å². The van der Waals surface area contributed by atoms with Gasteiger partial charge in [-0.15, -0.1) is 0 Å². The number of hydrogen-bond donors (Lipinski definition) is 1. The third-order valence-electron chi connectivity index (χ3n) is 4.34. The standard InChI is InChI=1S/C14H17Cl2NO/c15-12-4-3-10(8-13(12)16)14(18)5-7-17-6-1-2-11(17)9-14/h3-4,8,11,18H,1-2,5-7,9H2. The topological polar surface area (TPSA) is 23.5 Å². The molecule has 2 aliphatic heterocycles. The number of nitrogens with zero attached hydrogens (tertiary/aromatic N) is 1. The van der Waals surface area contributed by atoms with E-state index >= 15 is 0 Å². The van der Waals surface area contributed by atoms with Crippen LogP contribution in [0.3, 0.4) is 0 Å². The molecule has 2 unspecified atom stereocenters. The van der Waals surface area contributed by atoms with Gasteiger partial charge in [-0.1, -0.05) is 29.3 Å². The second-order valence-electron chi connectivity index (χ2n) is 5.45. The fourth-order valence-electron chi connectivity index (χ4n) is 3.29. The molecule has 0 bridgehead atoms. The first-order valence-corrected chi connectivity index (χ1v) is 7.26. The fraction of sp³-hybridized carbons (Fsp3) is 0.571. The highest BCUT2D eigenvalue weighted by Crippen LogP contribution is 2.40. The van der Waals surface area contributed by atoms with Gasteiger partial charge in [-0.05, 0) is 49.9 Å². The minimum absolute atomic E-state index is 0.524. The highest BCUT2D eigenvalue weighted by Gasteiger charge is 2.41. The van der Waals surface area contributed by atoms with Crippen molar-refractivity contribution >= 4 is 23.2 Å². The molecular formula is C14H17Cl2NO. The summed E-state index contributed by atoms with van der Waals surface area (Å²) in [5.41, 5.74) is 0.170. The Hall–Kier alpha value is -0.280. The van der Waals surface area contributed by atoms with Crippen LogP contribution >= 0.6 is 23.2 Å². The van der Waals surface area contributed by atoms with Crippen LogP contribution in [0.2, 0.25) is 10.0 Å². The Morgan fingerprint density at radius 1 is 1.22 bits per heavy atom. The maximum atomic E-state index is 10.9. The summed E-state index contributed by atoms with van der Waals surface area (Å²) >= 11 is 12.0. The molecule has 0 aliphatic carbocycles. The first-order chi connectivity index (χ1) is 8.58. The molecule has 18 heavy (non-hydrogen) atoms. The van der Waals surface area contributed by atoms with E-state index in [0.717, 1.165) is 24.9 Å². The molecule has 0 aromatic heterocycles. The van der Waals surface area contributed by atoms with Gasteiger partial charge in [0.15, 0.2) is 0 Å². The Morgan fingerprint density at radius 3 is 2.83 bits per heavy atom. The van der Waals surface area contributed by atoms with Gasteiger partial charge in [0.1, 0.15) is 0 Å². The van der Waals surface area contributed by atoms with Crippen molar-refractivity contribution in [3.63, 3.8) is 0 Å². The van der Waals surface area contributed by atoms with E-state index in [1.165, 1.54) is 19.4 Å². The predicted molar refractivity (Wildman–Crippen MR) is 74.2 cm³/mol. The zero-order chi connectivity index (χ0) is 12.8. The zero-order valence-electron chi connectivity index (χ0n) is 10.2. The van der Waals surface area contributed by atoms with E-state index in [2.05, 4.69) is 4.90 Å². The van der Waals surface area contributed by atoms with Gasteiger partial charge in [-0.25, -0.2) is 0 Å². The van der Waals surface area contributed by atoms with E-state index < -0.39 is 5.60 Å². The van der Waals surface area contributed by atoms with E-state index in [-0.39, 0.29) is 0 Å². The van der Waals surface area contributed by atoms with Crippen LogP contribution in [0, 0.1) is 0 Å². The Morgan fingerprint density at radius 2 is 2.06 bits per heavy atom. The second-order valence-corrected chi connectivity index (χ2v) is 6.26. The number of rotatable bonds is 1. The van der Waals surface area contributed by atoms with E-state index in [4.69, 9.17) is 23.2 Å². The van der Waals surface area contributed by atoms with Gasteiger partial charge < -0.3 is 10.0 Å². The molecule has 2 saturated heterocycles. The fourth-order valence-corrected chi connectivity index (χ4v) is 3.59. The number of benzene rings is 1. The average Bonchev–Trinajstić information content (AvgIpc) is 2.79. The molecule has 2 nitrogen and oxygen atoms in total. The largest absolute Gasteiger partial charge is 0.385 e. The van der Waals surface area contributed by atoms with Crippen molar-refractivity contribution in [1.82, 2.24) is 4.90 Å². The molecule has 2 heterocycles. The van der Waals surface area contributed by atoms with Crippen LogP contribution in [0.1, 0.15) is 31.2 Å². The lowest BCUT2D eigenvalue weighted by atomic mass is 9.81. The Kier molecular flexibility index (Phi) is 3.31. The van der Waals surface area contributed by atoms with Crippen LogP contribution in [0.5, 0.6) is 0 Å². The zero-order valence-corrected chi connectivity index (χ0v) is 11.7. The second kappa shape index (κ2) is 4.68. The van der Waals surface area contributed by atoms with Crippen molar-refractivity contribution in [2.24, 2.45) is 0 Å². The van der Waals surface area contributed by atoms with Crippen molar-refractivity contribution in [3.8, 4) is 0 Å². The van der Waals surface area contributed by atoms with Crippen molar-refractivity contribution in [2.75, 3.05) is 13.1 Å². The Balaban J connectivity index is 1.87. The molecule has 98 valence electrons. The van der Waals surface area contributed by atoms with Crippen LogP contribution in [-0.2, 0) is 5.60 Å². The molecule has 0 spiro atoms. The summed E-state index contributed by atoms with van der Waals surface area (Å²) in [6.45, 7) is 2.16. The molecule has 2 aliphatic rings. The monoisotopic (exact) mass is 285 g/mol. The Labute approximate surface area is 117 Å². The highest BCUT2D eigenvalue weighted by atomic mass is 35.5. The van der Waals surface area contributed by atoms with Gasteiger partial charge in [0.05, 0.1) is 15.6 Å². The minimum atomic E-state index is -0.736. The molecule has 2 atom stereocenters. The number of aliphatic hydroxyl groups is 1. The maximum absolute atomic E-state index is 10.9. The lowest BCUT2D eigenvalue weighted by Crippen LogP contribution is -2.45. The molecule has 2 fully saturated rings. The summed E-state index contributed by atoms with van der Waals surface area (Å²) in [5.74, 6) is 0. The van der Waals surface area contributed by atoms with Crippen molar-refractivity contribution in [3.05, 3.63) is 33.8 Å². The SMILES string of the molecule is OC1(c2ccc(Cl)c(Cl)c2)CCN2CCCC2C1.